The maximum absolute atomic E-state index is 10.6. The van der Waals surface area contributed by atoms with E-state index in [1.807, 2.05) is 18.3 Å². The monoisotopic (exact) mass is 445 g/mol. The van der Waals surface area contributed by atoms with Gasteiger partial charge in [0.25, 0.3) is 0 Å². The average Bonchev–Trinajstić information content (AvgIpc) is 3.33. The van der Waals surface area contributed by atoms with Crippen LogP contribution in [0.1, 0.15) is 0 Å². The van der Waals surface area contributed by atoms with Crippen LogP contribution in [-0.2, 0) is 4.79 Å². The highest BCUT2D eigenvalue weighted by Gasteiger charge is 2.38. The second kappa shape index (κ2) is 7.43. The molecule has 3 heterocycles. The Kier molecular flexibility index (Phi) is 4.90. The Morgan fingerprint density at radius 3 is 2.48 bits per heavy atom. The minimum Gasteiger partial charge on any atom is -0.475 e. The van der Waals surface area contributed by atoms with Crippen molar-refractivity contribution in [2.45, 2.75) is 6.18 Å². The highest BCUT2D eigenvalue weighted by molar-refractivity contribution is 7.22. The minimum absolute atomic E-state index is 0.192. The number of anilines is 2. The molecule has 0 radical (unpaired) electrons. The van der Waals surface area contributed by atoms with Gasteiger partial charge in [0, 0.05) is 26.7 Å². The van der Waals surface area contributed by atoms with Gasteiger partial charge in [-0.25, -0.2) is 9.78 Å². The molecule has 0 unspecified atom stereocenters. The third kappa shape index (κ3) is 3.82. The number of thiophene rings is 1. The summed E-state index contributed by atoms with van der Waals surface area (Å²) in [5.74, 6) is -2.16. The number of aromatic nitrogens is 3. The Labute approximate surface area is 176 Å². The summed E-state index contributed by atoms with van der Waals surface area (Å²) < 4.78 is 33.0. The van der Waals surface area contributed by atoms with E-state index in [0.29, 0.717) is 5.82 Å². The number of halogens is 3. The average molecular weight is 445 g/mol. The molecule has 5 rings (SSSR count). The van der Waals surface area contributed by atoms with Crippen LogP contribution < -0.4 is 11.5 Å². The van der Waals surface area contributed by atoms with Crippen molar-refractivity contribution < 1.29 is 23.1 Å². The first kappa shape index (κ1) is 20.4. The van der Waals surface area contributed by atoms with Gasteiger partial charge in [-0.05, 0) is 29.7 Å². The van der Waals surface area contributed by atoms with Crippen LogP contribution in [0.4, 0.5) is 24.9 Å². The maximum atomic E-state index is 10.6. The summed E-state index contributed by atoms with van der Waals surface area (Å²) in [5, 5.41) is 10.2. The van der Waals surface area contributed by atoms with E-state index in [1.165, 1.54) is 15.0 Å². The number of nitrogen functional groups attached to an aromatic ring is 2. The Morgan fingerprint density at radius 1 is 1.10 bits per heavy atom. The van der Waals surface area contributed by atoms with Crippen molar-refractivity contribution in [1.29, 1.82) is 0 Å². The van der Waals surface area contributed by atoms with Gasteiger partial charge in [0.2, 0.25) is 5.95 Å². The summed E-state index contributed by atoms with van der Waals surface area (Å²) in [6.07, 6.45) is -3.17. The van der Waals surface area contributed by atoms with E-state index in [0.717, 1.165) is 27.4 Å². The quantitative estimate of drug-likeness (QED) is 0.293. The fourth-order valence-corrected chi connectivity index (χ4v) is 4.30. The Balaban J connectivity index is 0.000000289. The van der Waals surface area contributed by atoms with Crippen LogP contribution >= 0.6 is 11.3 Å². The van der Waals surface area contributed by atoms with Crippen LogP contribution in [0.25, 0.3) is 42.3 Å². The lowest BCUT2D eigenvalue weighted by Gasteiger charge is -2.07. The fourth-order valence-electron chi connectivity index (χ4n) is 3.21. The molecule has 0 amide bonds. The molecule has 6 N–H and O–H groups in total. The number of aromatic amines is 1. The molecule has 31 heavy (non-hydrogen) atoms. The van der Waals surface area contributed by atoms with E-state index < -0.39 is 12.1 Å². The molecule has 0 aliphatic heterocycles. The molecule has 11 heteroatoms. The van der Waals surface area contributed by atoms with Crippen LogP contribution in [-0.4, -0.2) is 32.2 Å². The number of alkyl halides is 3. The number of benzene rings is 2. The molecule has 2 aromatic carbocycles. The number of nitrogens with zero attached hydrogens (tertiary/aromatic N) is 2. The number of rotatable bonds is 1. The summed E-state index contributed by atoms with van der Waals surface area (Å²) in [7, 11) is 0. The molecule has 0 aliphatic rings. The van der Waals surface area contributed by atoms with Crippen LogP contribution in [0.2, 0.25) is 0 Å². The summed E-state index contributed by atoms with van der Waals surface area (Å²) >= 11 is 1.76. The molecule has 7 nitrogen and oxygen atoms in total. The van der Waals surface area contributed by atoms with Gasteiger partial charge >= 0.3 is 12.1 Å². The molecular formula is C20H14F3N5O2S. The minimum atomic E-state index is -5.08. The first-order valence-electron chi connectivity index (χ1n) is 8.77. The number of fused-ring (bicyclic) bond motifs is 4. The summed E-state index contributed by atoms with van der Waals surface area (Å²) in [6, 6.07) is 14.6. The second-order valence-corrected chi connectivity index (χ2v) is 7.59. The molecule has 0 saturated heterocycles. The second-order valence-electron chi connectivity index (χ2n) is 6.50. The first-order valence-corrected chi connectivity index (χ1v) is 9.58. The third-order valence-corrected chi connectivity index (χ3v) is 5.63. The number of carboxylic acid groups (broad SMARTS) is 1. The van der Waals surface area contributed by atoms with Crippen LogP contribution in [0.3, 0.4) is 0 Å². The van der Waals surface area contributed by atoms with Gasteiger partial charge < -0.3 is 21.6 Å². The fraction of sp³-hybridized carbons (Fsp3) is 0.0500. The number of hydrogen-bond acceptors (Lipinski definition) is 6. The van der Waals surface area contributed by atoms with Crippen molar-refractivity contribution >= 4 is 61.0 Å². The third-order valence-electron chi connectivity index (χ3n) is 4.48. The van der Waals surface area contributed by atoms with Gasteiger partial charge in [0.15, 0.2) is 0 Å². The van der Waals surface area contributed by atoms with E-state index in [4.69, 9.17) is 21.4 Å². The predicted molar refractivity (Wildman–Crippen MR) is 115 cm³/mol. The van der Waals surface area contributed by atoms with Gasteiger partial charge in [-0.3, -0.25) is 0 Å². The zero-order valence-electron chi connectivity index (χ0n) is 15.6. The van der Waals surface area contributed by atoms with E-state index in [-0.39, 0.29) is 5.95 Å². The normalized spacial score (nSPS) is 11.6. The Hall–Kier alpha value is -3.86. The van der Waals surface area contributed by atoms with Gasteiger partial charge in [-0.1, -0.05) is 18.2 Å². The van der Waals surface area contributed by atoms with Gasteiger partial charge in [-0.2, -0.15) is 18.2 Å². The molecule has 158 valence electrons. The van der Waals surface area contributed by atoms with Crippen LogP contribution in [0.5, 0.6) is 0 Å². The molecule has 5 aromatic rings. The summed E-state index contributed by atoms with van der Waals surface area (Å²) in [4.78, 5) is 21.9. The number of H-pyrrole nitrogens is 1. The lowest BCUT2D eigenvalue weighted by molar-refractivity contribution is -0.192. The van der Waals surface area contributed by atoms with E-state index in [2.05, 4.69) is 45.3 Å². The Morgan fingerprint density at radius 2 is 1.81 bits per heavy atom. The molecule has 0 saturated carbocycles. The van der Waals surface area contributed by atoms with Crippen LogP contribution in [0.15, 0.2) is 48.7 Å². The van der Waals surface area contributed by atoms with E-state index in [9.17, 15) is 13.2 Å². The van der Waals surface area contributed by atoms with Crippen molar-refractivity contribution in [3.63, 3.8) is 0 Å². The molecule has 0 aliphatic carbocycles. The van der Waals surface area contributed by atoms with Crippen LogP contribution in [0, 0.1) is 0 Å². The molecular weight excluding hydrogens is 431 g/mol. The predicted octanol–water partition coefficient (Wildman–Crippen LogP) is 4.79. The van der Waals surface area contributed by atoms with Gasteiger partial charge in [0.1, 0.15) is 5.82 Å². The zero-order chi connectivity index (χ0) is 22.3. The highest BCUT2D eigenvalue weighted by atomic mass is 32.1. The van der Waals surface area contributed by atoms with Gasteiger partial charge in [-0.15, -0.1) is 11.3 Å². The summed E-state index contributed by atoms with van der Waals surface area (Å²) in [5.41, 5.74) is 14.8. The van der Waals surface area contributed by atoms with E-state index >= 15 is 0 Å². The SMILES string of the molecule is Nc1nc(N)c2c(cc(-c3cc4ccccc4s3)c3[nH]ccc32)n1.O=C(O)C(F)(F)F. The number of carbonyl (C=O) groups is 1. The smallest absolute Gasteiger partial charge is 0.475 e. The number of carboxylic acids is 1. The lowest BCUT2D eigenvalue weighted by atomic mass is 10.0. The number of nitrogens with one attached hydrogen (secondary N) is 1. The molecule has 0 fully saturated rings. The van der Waals surface area contributed by atoms with Crippen molar-refractivity contribution in [2.24, 2.45) is 0 Å². The number of hydrogen-bond donors (Lipinski definition) is 4. The first-order chi connectivity index (χ1) is 14.6. The molecule has 0 spiro atoms. The van der Waals surface area contributed by atoms with Crippen molar-refractivity contribution in [3.8, 4) is 10.4 Å². The van der Waals surface area contributed by atoms with Crippen molar-refractivity contribution in [2.75, 3.05) is 11.5 Å². The standard InChI is InChI=1S/C18H13N5S.C2HF3O2/c19-17-15-10-5-6-21-16(10)11(8-12(15)22-18(20)23-17)14-7-9-3-1-2-4-13(9)24-14;3-2(4,5)1(6)7/h1-8,21H,(H4,19,20,22,23);(H,6,7). The van der Waals surface area contributed by atoms with Crippen molar-refractivity contribution in [1.82, 2.24) is 15.0 Å². The molecule has 0 bridgehead atoms. The molecule has 3 aromatic heterocycles. The summed E-state index contributed by atoms with van der Waals surface area (Å²) in [6.45, 7) is 0. The van der Waals surface area contributed by atoms with Gasteiger partial charge in [0.05, 0.1) is 16.4 Å². The maximum Gasteiger partial charge on any atom is 0.490 e. The van der Waals surface area contributed by atoms with E-state index in [1.54, 1.807) is 11.3 Å². The highest BCUT2D eigenvalue weighted by Crippen LogP contribution is 2.40. The zero-order valence-corrected chi connectivity index (χ0v) is 16.4. The lowest BCUT2D eigenvalue weighted by Crippen LogP contribution is -2.21. The van der Waals surface area contributed by atoms with Crippen molar-refractivity contribution in [3.05, 3.63) is 48.7 Å². The topological polar surface area (TPSA) is 131 Å². The number of nitrogens with two attached hydrogens (primary N) is 2. The Bertz CT molecular complexity index is 1410. The largest absolute Gasteiger partial charge is 0.490 e. The molecule has 0 atom stereocenters. The number of aliphatic carboxylic acids is 1.